The zero-order chi connectivity index (χ0) is 17.4. The van der Waals surface area contributed by atoms with Gasteiger partial charge in [0.2, 0.25) is 5.91 Å². The normalized spacial score (nSPS) is 25.7. The van der Waals surface area contributed by atoms with E-state index in [1.54, 1.807) is 4.90 Å². The number of rotatable bonds is 2. The summed E-state index contributed by atoms with van der Waals surface area (Å²) in [5.74, 6) is -0.0225. The maximum Gasteiger partial charge on any atom is 0.250 e. The number of nitrogens with zero attached hydrogens (tertiary/aromatic N) is 2. The standard InChI is InChI=1S/C19H25N3O3/c1-14-12-21(10-11-25-14)13-17(23)22-16-7-3-2-6-15(16)20-18(24)19(22)8-4-5-9-19/h2-3,6-7,14H,4-5,8-13H2,1H3,(H,20,24). The number of carbonyl (C=O) groups is 2. The van der Waals surface area contributed by atoms with Crippen molar-refractivity contribution in [3.05, 3.63) is 24.3 Å². The fourth-order valence-electron chi connectivity index (χ4n) is 4.42. The van der Waals surface area contributed by atoms with E-state index in [-0.39, 0.29) is 17.9 Å². The van der Waals surface area contributed by atoms with E-state index in [2.05, 4.69) is 10.2 Å². The molecule has 6 nitrogen and oxygen atoms in total. The van der Waals surface area contributed by atoms with Crippen LogP contribution in [0, 0.1) is 0 Å². The van der Waals surface area contributed by atoms with Crippen LogP contribution < -0.4 is 10.2 Å². The molecule has 0 aromatic heterocycles. The Morgan fingerprint density at radius 1 is 1.32 bits per heavy atom. The van der Waals surface area contributed by atoms with Gasteiger partial charge in [-0.1, -0.05) is 25.0 Å². The van der Waals surface area contributed by atoms with Crippen molar-refractivity contribution in [3.63, 3.8) is 0 Å². The Bertz CT molecular complexity index is 684. The van der Waals surface area contributed by atoms with Crippen LogP contribution >= 0.6 is 0 Å². The molecule has 1 atom stereocenters. The van der Waals surface area contributed by atoms with Gasteiger partial charge in [0.1, 0.15) is 5.54 Å². The molecule has 2 amide bonds. The number of nitrogens with one attached hydrogen (secondary N) is 1. The molecule has 0 bridgehead atoms. The second-order valence-electron chi connectivity index (χ2n) is 7.36. The Morgan fingerprint density at radius 2 is 2.08 bits per heavy atom. The van der Waals surface area contributed by atoms with Crippen LogP contribution in [0.3, 0.4) is 0 Å². The van der Waals surface area contributed by atoms with Crippen LogP contribution in [0.5, 0.6) is 0 Å². The molecule has 1 unspecified atom stereocenters. The Balaban J connectivity index is 1.66. The van der Waals surface area contributed by atoms with E-state index in [9.17, 15) is 9.59 Å². The summed E-state index contributed by atoms with van der Waals surface area (Å²) in [6.45, 7) is 4.51. The minimum Gasteiger partial charge on any atom is -0.376 e. The average molecular weight is 343 g/mol. The lowest BCUT2D eigenvalue weighted by Gasteiger charge is -2.45. The van der Waals surface area contributed by atoms with Crippen molar-refractivity contribution < 1.29 is 14.3 Å². The van der Waals surface area contributed by atoms with Crippen LogP contribution in [0.1, 0.15) is 32.6 Å². The number of anilines is 2. The molecule has 0 radical (unpaired) electrons. The lowest BCUT2D eigenvalue weighted by Crippen LogP contribution is -2.62. The SMILES string of the molecule is CC1CN(CC(=O)N2c3ccccc3NC(=O)C23CCCC3)CCO1. The Morgan fingerprint density at radius 3 is 2.84 bits per heavy atom. The van der Waals surface area contributed by atoms with Crippen LogP contribution in [0.15, 0.2) is 24.3 Å². The molecule has 2 aliphatic heterocycles. The predicted octanol–water partition coefficient (Wildman–Crippen LogP) is 2.01. The van der Waals surface area contributed by atoms with Gasteiger partial charge in [-0.2, -0.15) is 0 Å². The summed E-state index contributed by atoms with van der Waals surface area (Å²) in [4.78, 5) is 30.1. The van der Waals surface area contributed by atoms with E-state index in [1.165, 1.54) is 0 Å². The first-order chi connectivity index (χ1) is 12.1. The quantitative estimate of drug-likeness (QED) is 0.892. The summed E-state index contributed by atoms with van der Waals surface area (Å²) < 4.78 is 5.57. The second-order valence-corrected chi connectivity index (χ2v) is 7.36. The van der Waals surface area contributed by atoms with Crippen molar-refractivity contribution in [2.75, 3.05) is 36.5 Å². The van der Waals surface area contributed by atoms with E-state index >= 15 is 0 Å². The van der Waals surface area contributed by atoms with Gasteiger partial charge in [0.15, 0.2) is 0 Å². The van der Waals surface area contributed by atoms with Crippen molar-refractivity contribution in [2.24, 2.45) is 0 Å². The third kappa shape index (κ3) is 2.83. The van der Waals surface area contributed by atoms with Gasteiger partial charge >= 0.3 is 0 Å². The number of benzene rings is 1. The number of carbonyl (C=O) groups excluding carboxylic acids is 2. The molecule has 1 N–H and O–H groups in total. The van der Waals surface area contributed by atoms with Gasteiger partial charge in [-0.15, -0.1) is 0 Å². The van der Waals surface area contributed by atoms with Crippen molar-refractivity contribution in [3.8, 4) is 0 Å². The highest BCUT2D eigenvalue weighted by molar-refractivity contribution is 6.15. The average Bonchev–Trinajstić information content (AvgIpc) is 3.06. The Kier molecular flexibility index (Phi) is 4.25. The van der Waals surface area contributed by atoms with Crippen LogP contribution in [0.2, 0.25) is 0 Å². The largest absolute Gasteiger partial charge is 0.376 e. The van der Waals surface area contributed by atoms with Crippen molar-refractivity contribution in [1.82, 2.24) is 4.90 Å². The van der Waals surface area contributed by atoms with Gasteiger partial charge in [-0.05, 0) is 31.9 Å². The number of para-hydroxylation sites is 2. The molecule has 134 valence electrons. The molecule has 1 aliphatic carbocycles. The van der Waals surface area contributed by atoms with Gasteiger partial charge in [-0.25, -0.2) is 0 Å². The van der Waals surface area contributed by atoms with Crippen molar-refractivity contribution in [2.45, 2.75) is 44.2 Å². The first-order valence-electron chi connectivity index (χ1n) is 9.18. The summed E-state index contributed by atoms with van der Waals surface area (Å²) >= 11 is 0. The van der Waals surface area contributed by atoms with Gasteiger partial charge in [-0.3, -0.25) is 19.4 Å². The topological polar surface area (TPSA) is 61.9 Å². The summed E-state index contributed by atoms with van der Waals surface area (Å²) in [6.07, 6.45) is 3.57. The van der Waals surface area contributed by atoms with E-state index in [0.717, 1.165) is 50.1 Å². The lowest BCUT2D eigenvalue weighted by atomic mass is 9.89. The van der Waals surface area contributed by atoms with E-state index in [4.69, 9.17) is 4.74 Å². The molecule has 1 aromatic carbocycles. The van der Waals surface area contributed by atoms with Gasteiger partial charge in [0.25, 0.3) is 5.91 Å². The summed E-state index contributed by atoms with van der Waals surface area (Å²) in [5.41, 5.74) is 0.840. The first kappa shape index (κ1) is 16.5. The van der Waals surface area contributed by atoms with E-state index in [0.29, 0.717) is 13.2 Å². The minimum atomic E-state index is -0.719. The molecule has 1 spiro atoms. The highest BCUT2D eigenvalue weighted by Gasteiger charge is 2.52. The molecule has 3 aliphatic rings. The first-order valence-corrected chi connectivity index (χ1v) is 9.18. The Hall–Kier alpha value is -1.92. The molecule has 25 heavy (non-hydrogen) atoms. The molecular weight excluding hydrogens is 318 g/mol. The molecule has 6 heteroatoms. The van der Waals surface area contributed by atoms with Gasteiger partial charge < -0.3 is 10.1 Å². The fraction of sp³-hybridized carbons (Fsp3) is 0.579. The number of fused-ring (bicyclic) bond motifs is 1. The summed E-state index contributed by atoms with van der Waals surface area (Å²) in [7, 11) is 0. The lowest BCUT2D eigenvalue weighted by molar-refractivity contribution is -0.129. The van der Waals surface area contributed by atoms with Crippen LogP contribution in [-0.2, 0) is 14.3 Å². The number of ether oxygens (including phenoxy) is 1. The van der Waals surface area contributed by atoms with Crippen LogP contribution in [0.4, 0.5) is 11.4 Å². The van der Waals surface area contributed by atoms with Crippen LogP contribution in [0.25, 0.3) is 0 Å². The van der Waals surface area contributed by atoms with Crippen molar-refractivity contribution in [1.29, 1.82) is 0 Å². The highest BCUT2D eigenvalue weighted by atomic mass is 16.5. The molecular formula is C19H25N3O3. The molecule has 2 fully saturated rings. The van der Waals surface area contributed by atoms with E-state index < -0.39 is 5.54 Å². The number of morpholine rings is 1. The second kappa shape index (κ2) is 6.42. The minimum absolute atomic E-state index is 0.0123. The number of hydrogen-bond donors (Lipinski definition) is 1. The summed E-state index contributed by atoms with van der Waals surface area (Å²) in [6, 6.07) is 7.62. The molecule has 1 saturated heterocycles. The molecule has 1 aromatic rings. The third-order valence-electron chi connectivity index (χ3n) is 5.61. The van der Waals surface area contributed by atoms with Gasteiger partial charge in [0, 0.05) is 13.1 Å². The predicted molar refractivity (Wildman–Crippen MR) is 95.6 cm³/mol. The van der Waals surface area contributed by atoms with E-state index in [1.807, 2.05) is 31.2 Å². The Labute approximate surface area is 148 Å². The highest BCUT2D eigenvalue weighted by Crippen LogP contribution is 2.45. The summed E-state index contributed by atoms with van der Waals surface area (Å²) in [5, 5.41) is 3.02. The van der Waals surface area contributed by atoms with Crippen LogP contribution in [-0.4, -0.2) is 54.6 Å². The fourth-order valence-corrected chi connectivity index (χ4v) is 4.42. The third-order valence-corrected chi connectivity index (χ3v) is 5.61. The number of hydrogen-bond acceptors (Lipinski definition) is 4. The molecule has 4 rings (SSSR count). The monoisotopic (exact) mass is 343 g/mol. The maximum atomic E-state index is 13.3. The van der Waals surface area contributed by atoms with Crippen molar-refractivity contribution >= 4 is 23.2 Å². The smallest absolute Gasteiger partial charge is 0.250 e. The molecule has 2 heterocycles. The van der Waals surface area contributed by atoms with Gasteiger partial charge in [0.05, 0.1) is 30.6 Å². The zero-order valence-corrected chi connectivity index (χ0v) is 14.7. The number of amides is 2. The maximum absolute atomic E-state index is 13.3. The zero-order valence-electron chi connectivity index (χ0n) is 14.7. The molecule has 1 saturated carbocycles.